The maximum atomic E-state index is 13.2. The third-order valence-corrected chi connectivity index (χ3v) is 3.51. The first-order chi connectivity index (χ1) is 10.2. The molecule has 0 aromatic heterocycles. The number of hydrogen-bond acceptors (Lipinski definition) is 3. The lowest BCUT2D eigenvalue weighted by Crippen LogP contribution is -2.45. The van der Waals surface area contributed by atoms with Crippen molar-refractivity contribution in [3.05, 3.63) is 35.6 Å². The van der Waals surface area contributed by atoms with Crippen LogP contribution in [0.3, 0.4) is 0 Å². The minimum atomic E-state index is -0.374. The second kappa shape index (κ2) is 7.95. The van der Waals surface area contributed by atoms with Crippen molar-refractivity contribution in [3.63, 3.8) is 0 Å². The van der Waals surface area contributed by atoms with E-state index >= 15 is 0 Å². The van der Waals surface area contributed by atoms with Gasteiger partial charge in [0.1, 0.15) is 5.82 Å². The van der Waals surface area contributed by atoms with Crippen molar-refractivity contribution in [3.8, 4) is 0 Å². The van der Waals surface area contributed by atoms with Crippen LogP contribution in [0.4, 0.5) is 9.18 Å². The highest BCUT2D eigenvalue weighted by molar-refractivity contribution is 5.74. The summed E-state index contributed by atoms with van der Waals surface area (Å²) in [6, 6.07) is 6.09. The zero-order chi connectivity index (χ0) is 15.1. The molecule has 1 aromatic rings. The molecular weight excluding hydrogens is 275 g/mol. The molecule has 1 aliphatic rings. The lowest BCUT2D eigenvalue weighted by molar-refractivity contribution is 0.0790. The highest BCUT2D eigenvalue weighted by Crippen LogP contribution is 2.16. The molecule has 0 unspecified atom stereocenters. The van der Waals surface area contributed by atoms with Crippen LogP contribution in [-0.2, 0) is 9.47 Å². The molecule has 1 aliphatic heterocycles. The van der Waals surface area contributed by atoms with Crippen LogP contribution in [0.1, 0.15) is 24.5 Å². The molecule has 116 valence electrons. The summed E-state index contributed by atoms with van der Waals surface area (Å²) in [5, 5.41) is 5.66. The number of nitrogens with one attached hydrogen (secondary N) is 2. The minimum absolute atomic E-state index is 0.147. The second-order valence-electron chi connectivity index (χ2n) is 5.02. The monoisotopic (exact) mass is 296 g/mol. The van der Waals surface area contributed by atoms with Gasteiger partial charge in [-0.1, -0.05) is 12.1 Å². The molecule has 2 amide bonds. The first kappa shape index (κ1) is 15.7. The summed E-state index contributed by atoms with van der Waals surface area (Å²) in [6.45, 7) is 1.64. The number of carbonyl (C=O) groups excluding carboxylic acids is 1. The number of rotatable bonds is 5. The van der Waals surface area contributed by atoms with Crippen molar-refractivity contribution in [1.29, 1.82) is 0 Å². The Bertz CT molecular complexity index is 464. The molecular formula is C15H21FN2O3. The van der Waals surface area contributed by atoms with E-state index in [0.717, 1.165) is 12.8 Å². The van der Waals surface area contributed by atoms with E-state index < -0.39 is 0 Å². The fourth-order valence-corrected chi connectivity index (χ4v) is 2.31. The third-order valence-electron chi connectivity index (χ3n) is 3.51. The molecule has 1 atom stereocenters. The van der Waals surface area contributed by atoms with E-state index in [2.05, 4.69) is 10.6 Å². The second-order valence-corrected chi connectivity index (χ2v) is 5.02. The van der Waals surface area contributed by atoms with Gasteiger partial charge in [0.05, 0.1) is 6.10 Å². The van der Waals surface area contributed by atoms with E-state index in [4.69, 9.17) is 9.47 Å². The van der Waals surface area contributed by atoms with Crippen molar-refractivity contribution in [2.24, 2.45) is 0 Å². The van der Waals surface area contributed by atoms with Gasteiger partial charge in [0.2, 0.25) is 0 Å². The number of benzene rings is 1. The normalized spacial score (nSPS) is 17.2. The van der Waals surface area contributed by atoms with Crippen LogP contribution in [0.5, 0.6) is 0 Å². The maximum absolute atomic E-state index is 13.2. The highest BCUT2D eigenvalue weighted by Gasteiger charge is 2.17. The summed E-state index contributed by atoms with van der Waals surface area (Å²) in [4.78, 5) is 11.8. The Balaban J connectivity index is 1.80. The van der Waals surface area contributed by atoms with Gasteiger partial charge in [-0.05, 0) is 30.5 Å². The lowest BCUT2D eigenvalue weighted by atomic mass is 10.1. The maximum Gasteiger partial charge on any atom is 0.315 e. The molecule has 0 saturated carbocycles. The van der Waals surface area contributed by atoms with Gasteiger partial charge in [-0.3, -0.25) is 0 Å². The molecule has 6 heteroatoms. The van der Waals surface area contributed by atoms with Crippen molar-refractivity contribution >= 4 is 6.03 Å². The molecule has 1 heterocycles. The summed E-state index contributed by atoms with van der Waals surface area (Å²) in [5.41, 5.74) is 0.698. The first-order valence-corrected chi connectivity index (χ1v) is 7.09. The summed E-state index contributed by atoms with van der Waals surface area (Å²) in [5.74, 6) is -0.318. The van der Waals surface area contributed by atoms with Crippen molar-refractivity contribution in [2.75, 3.05) is 26.9 Å². The van der Waals surface area contributed by atoms with Crippen molar-refractivity contribution in [2.45, 2.75) is 25.0 Å². The van der Waals surface area contributed by atoms with Crippen LogP contribution in [0.15, 0.2) is 24.3 Å². The molecule has 2 rings (SSSR count). The summed E-state index contributed by atoms with van der Waals surface area (Å²) in [7, 11) is 1.54. The zero-order valence-electron chi connectivity index (χ0n) is 12.1. The zero-order valence-corrected chi connectivity index (χ0v) is 12.1. The molecule has 0 aliphatic carbocycles. The first-order valence-electron chi connectivity index (χ1n) is 7.09. The lowest BCUT2D eigenvalue weighted by Gasteiger charge is -2.24. The molecule has 1 aromatic carbocycles. The van der Waals surface area contributed by atoms with Gasteiger partial charge in [-0.2, -0.15) is 0 Å². The van der Waals surface area contributed by atoms with Crippen LogP contribution < -0.4 is 10.6 Å². The molecule has 1 fully saturated rings. The SMILES string of the molecule is CO[C@H](CNC(=O)NC1CCOCC1)c1cccc(F)c1. The fraction of sp³-hybridized carbons (Fsp3) is 0.533. The van der Waals surface area contributed by atoms with Gasteiger partial charge in [0.25, 0.3) is 0 Å². The number of halogens is 1. The molecule has 5 nitrogen and oxygen atoms in total. The Labute approximate surface area is 123 Å². The topological polar surface area (TPSA) is 59.6 Å². The smallest absolute Gasteiger partial charge is 0.315 e. The number of urea groups is 1. The summed E-state index contributed by atoms with van der Waals surface area (Å²) >= 11 is 0. The average molecular weight is 296 g/mol. The minimum Gasteiger partial charge on any atom is -0.381 e. The number of hydrogen-bond donors (Lipinski definition) is 2. The van der Waals surface area contributed by atoms with Gasteiger partial charge in [-0.25, -0.2) is 9.18 Å². The Morgan fingerprint density at radius 2 is 2.24 bits per heavy atom. The third kappa shape index (κ3) is 4.99. The Morgan fingerprint density at radius 3 is 2.90 bits per heavy atom. The number of carbonyl (C=O) groups is 1. The molecule has 0 spiro atoms. The highest BCUT2D eigenvalue weighted by atomic mass is 19.1. The average Bonchev–Trinajstić information content (AvgIpc) is 2.49. The molecule has 0 bridgehead atoms. The van der Waals surface area contributed by atoms with Crippen LogP contribution in [-0.4, -0.2) is 38.9 Å². The van der Waals surface area contributed by atoms with E-state index in [9.17, 15) is 9.18 Å². The number of ether oxygens (including phenoxy) is 2. The Hall–Kier alpha value is -1.66. The van der Waals surface area contributed by atoms with Crippen LogP contribution in [0.25, 0.3) is 0 Å². The van der Waals surface area contributed by atoms with E-state index in [0.29, 0.717) is 18.8 Å². The van der Waals surface area contributed by atoms with E-state index in [1.807, 2.05) is 0 Å². The quantitative estimate of drug-likeness (QED) is 0.873. The van der Waals surface area contributed by atoms with Crippen LogP contribution in [0.2, 0.25) is 0 Å². The van der Waals surface area contributed by atoms with Crippen LogP contribution >= 0.6 is 0 Å². The summed E-state index contributed by atoms with van der Waals surface area (Å²) < 4.78 is 23.7. The summed E-state index contributed by atoms with van der Waals surface area (Å²) in [6.07, 6.45) is 1.27. The standard InChI is InChI=1S/C15H21FN2O3/c1-20-14(11-3-2-4-12(16)9-11)10-17-15(19)18-13-5-7-21-8-6-13/h2-4,9,13-14H,5-8,10H2,1H3,(H2,17,18,19)/t14-/m1/s1. The van der Waals surface area contributed by atoms with Gasteiger partial charge < -0.3 is 20.1 Å². The van der Waals surface area contributed by atoms with Gasteiger partial charge in [0.15, 0.2) is 0 Å². The predicted molar refractivity (Wildman–Crippen MR) is 76.5 cm³/mol. The molecule has 21 heavy (non-hydrogen) atoms. The largest absolute Gasteiger partial charge is 0.381 e. The molecule has 2 N–H and O–H groups in total. The van der Waals surface area contributed by atoms with E-state index in [1.54, 1.807) is 12.1 Å². The van der Waals surface area contributed by atoms with Crippen molar-refractivity contribution in [1.82, 2.24) is 10.6 Å². The number of amides is 2. The van der Waals surface area contributed by atoms with E-state index in [-0.39, 0.29) is 30.5 Å². The Kier molecular flexibility index (Phi) is 5.95. The van der Waals surface area contributed by atoms with Crippen molar-refractivity contribution < 1.29 is 18.7 Å². The predicted octanol–water partition coefficient (Wildman–Crippen LogP) is 1.99. The molecule has 0 radical (unpaired) electrons. The van der Waals surface area contributed by atoms with Gasteiger partial charge >= 0.3 is 6.03 Å². The fourth-order valence-electron chi connectivity index (χ4n) is 2.31. The van der Waals surface area contributed by atoms with Crippen LogP contribution in [0, 0.1) is 5.82 Å². The van der Waals surface area contributed by atoms with E-state index in [1.165, 1.54) is 19.2 Å². The van der Waals surface area contributed by atoms with Gasteiger partial charge in [0, 0.05) is 32.9 Å². The number of methoxy groups -OCH3 is 1. The van der Waals surface area contributed by atoms with Gasteiger partial charge in [-0.15, -0.1) is 0 Å². The Morgan fingerprint density at radius 1 is 1.48 bits per heavy atom. The molecule has 1 saturated heterocycles.